The summed E-state index contributed by atoms with van der Waals surface area (Å²) in [4.78, 5) is 7.06. The molecule has 0 saturated heterocycles. The largest absolute Gasteiger partial charge is 0.489 e. The maximum Gasteiger partial charge on any atom is 0.153 e. The van der Waals surface area contributed by atoms with Gasteiger partial charge in [-0.25, -0.2) is 4.98 Å². The first-order chi connectivity index (χ1) is 14.6. The molecule has 0 saturated carbocycles. The Morgan fingerprint density at radius 1 is 0.900 bits per heavy atom. The van der Waals surface area contributed by atoms with Crippen LogP contribution in [0.1, 0.15) is 16.7 Å². The van der Waals surface area contributed by atoms with E-state index in [2.05, 4.69) is 84.8 Å². The van der Waals surface area contributed by atoms with Gasteiger partial charge in [-0.1, -0.05) is 42.0 Å². The van der Waals surface area contributed by atoms with Gasteiger partial charge in [0.15, 0.2) is 5.75 Å². The average molecular weight is 396 g/mol. The molecule has 3 aromatic carbocycles. The molecule has 1 aromatic heterocycles. The third-order valence-corrected chi connectivity index (χ3v) is 5.67. The predicted molar refractivity (Wildman–Crippen MR) is 122 cm³/mol. The average Bonchev–Trinajstić information content (AvgIpc) is 3.22. The first-order valence-corrected chi connectivity index (χ1v) is 10.3. The minimum atomic E-state index is 0.641. The molecule has 0 N–H and O–H groups in total. The molecule has 4 nitrogen and oxygen atoms in total. The molecular formula is C26H25N3O. The summed E-state index contributed by atoms with van der Waals surface area (Å²) < 4.78 is 8.39. The molecule has 0 fully saturated rings. The van der Waals surface area contributed by atoms with E-state index in [0.717, 1.165) is 29.4 Å². The van der Waals surface area contributed by atoms with Crippen LogP contribution in [0.2, 0.25) is 0 Å². The normalized spacial score (nSPS) is 13.1. The van der Waals surface area contributed by atoms with Crippen molar-refractivity contribution in [2.75, 3.05) is 18.1 Å². The topological polar surface area (TPSA) is 30.3 Å². The maximum atomic E-state index is 6.21. The first kappa shape index (κ1) is 18.5. The van der Waals surface area contributed by atoms with Crippen LogP contribution in [-0.4, -0.2) is 22.7 Å². The molecule has 30 heavy (non-hydrogen) atoms. The van der Waals surface area contributed by atoms with Crippen LogP contribution in [0.5, 0.6) is 5.75 Å². The Kier molecular flexibility index (Phi) is 4.55. The molecule has 150 valence electrons. The molecule has 0 atom stereocenters. The lowest BCUT2D eigenvalue weighted by atomic mass is 10.0. The number of anilines is 2. The third kappa shape index (κ3) is 3.05. The van der Waals surface area contributed by atoms with Crippen molar-refractivity contribution < 1.29 is 4.74 Å². The highest BCUT2D eigenvalue weighted by atomic mass is 16.5. The van der Waals surface area contributed by atoms with Gasteiger partial charge in [0.2, 0.25) is 0 Å². The van der Waals surface area contributed by atoms with Crippen molar-refractivity contribution in [3.63, 3.8) is 0 Å². The number of benzene rings is 3. The summed E-state index contributed by atoms with van der Waals surface area (Å²) >= 11 is 0. The SMILES string of the molecule is Cc1cc(C)c(-n2ccnc2-c2cccc3c2OCCN3c2ccccc2)c(C)c1. The number of imidazole rings is 1. The number of para-hydroxylation sites is 2. The Bertz CT molecular complexity index is 1190. The molecular weight excluding hydrogens is 370 g/mol. The van der Waals surface area contributed by atoms with Crippen molar-refractivity contribution in [3.8, 4) is 22.8 Å². The second-order valence-corrected chi connectivity index (χ2v) is 7.86. The number of rotatable bonds is 3. The van der Waals surface area contributed by atoms with Crippen molar-refractivity contribution in [2.45, 2.75) is 20.8 Å². The third-order valence-electron chi connectivity index (χ3n) is 5.67. The number of fused-ring (bicyclic) bond motifs is 1. The van der Waals surface area contributed by atoms with Crippen molar-refractivity contribution >= 4 is 11.4 Å². The second kappa shape index (κ2) is 7.38. The molecule has 4 aromatic rings. The van der Waals surface area contributed by atoms with Crippen molar-refractivity contribution in [2.24, 2.45) is 0 Å². The Labute approximate surface area is 177 Å². The Morgan fingerprint density at radius 3 is 2.43 bits per heavy atom. The van der Waals surface area contributed by atoms with E-state index in [9.17, 15) is 0 Å². The van der Waals surface area contributed by atoms with Crippen LogP contribution in [0, 0.1) is 20.8 Å². The molecule has 1 aliphatic rings. The van der Waals surface area contributed by atoms with Crippen molar-refractivity contribution in [1.82, 2.24) is 9.55 Å². The Morgan fingerprint density at radius 2 is 1.67 bits per heavy atom. The standard InChI is InChI=1S/C26H25N3O/c1-18-16-19(2)24(20(3)17-18)29-13-12-27-26(29)22-10-7-11-23-25(22)30-15-14-28(23)21-8-5-4-6-9-21/h4-13,16-17H,14-15H2,1-3H3. The van der Waals surface area contributed by atoms with Gasteiger partial charge >= 0.3 is 0 Å². The smallest absolute Gasteiger partial charge is 0.153 e. The molecule has 2 heterocycles. The zero-order valence-electron chi connectivity index (χ0n) is 17.6. The highest BCUT2D eigenvalue weighted by Crippen LogP contribution is 2.43. The van der Waals surface area contributed by atoms with Gasteiger partial charge in [-0.05, 0) is 56.2 Å². The molecule has 0 spiro atoms. The lowest BCUT2D eigenvalue weighted by molar-refractivity contribution is 0.315. The molecule has 0 aliphatic carbocycles. The van der Waals surface area contributed by atoms with Crippen LogP contribution in [0.15, 0.2) is 73.1 Å². The van der Waals surface area contributed by atoms with Gasteiger partial charge in [-0.3, -0.25) is 4.57 Å². The van der Waals surface area contributed by atoms with E-state index >= 15 is 0 Å². The van der Waals surface area contributed by atoms with Crippen LogP contribution in [0.4, 0.5) is 11.4 Å². The zero-order valence-corrected chi connectivity index (χ0v) is 17.6. The van der Waals surface area contributed by atoms with E-state index in [4.69, 9.17) is 9.72 Å². The summed E-state index contributed by atoms with van der Waals surface area (Å²) in [5.41, 5.74) is 8.20. The van der Waals surface area contributed by atoms with Crippen LogP contribution in [0.3, 0.4) is 0 Å². The monoisotopic (exact) mass is 395 g/mol. The minimum absolute atomic E-state index is 0.641. The van der Waals surface area contributed by atoms with Crippen LogP contribution in [0.25, 0.3) is 17.1 Å². The van der Waals surface area contributed by atoms with E-state index in [1.165, 1.54) is 28.1 Å². The molecule has 0 unspecified atom stereocenters. The molecule has 5 rings (SSSR count). The van der Waals surface area contributed by atoms with Crippen LogP contribution < -0.4 is 9.64 Å². The van der Waals surface area contributed by atoms with E-state index in [1.54, 1.807) is 0 Å². The maximum absolute atomic E-state index is 6.21. The van der Waals surface area contributed by atoms with E-state index in [-0.39, 0.29) is 0 Å². The lowest BCUT2D eigenvalue weighted by Crippen LogP contribution is -2.28. The van der Waals surface area contributed by atoms with Gasteiger partial charge in [0.1, 0.15) is 12.4 Å². The zero-order chi connectivity index (χ0) is 20.7. The highest BCUT2D eigenvalue weighted by Gasteiger charge is 2.25. The fourth-order valence-electron chi connectivity index (χ4n) is 4.54. The fraction of sp³-hybridized carbons (Fsp3) is 0.192. The first-order valence-electron chi connectivity index (χ1n) is 10.3. The number of aryl methyl sites for hydroxylation is 3. The predicted octanol–water partition coefficient (Wildman–Crippen LogP) is 6.00. The number of aromatic nitrogens is 2. The quantitative estimate of drug-likeness (QED) is 0.426. The molecule has 4 heteroatoms. The Balaban J connectivity index is 1.66. The van der Waals surface area contributed by atoms with Gasteiger partial charge in [0, 0.05) is 18.1 Å². The molecule has 0 radical (unpaired) electrons. The van der Waals surface area contributed by atoms with Crippen LogP contribution >= 0.6 is 0 Å². The summed E-state index contributed by atoms with van der Waals surface area (Å²) in [5.74, 6) is 1.79. The summed E-state index contributed by atoms with van der Waals surface area (Å²) in [7, 11) is 0. The second-order valence-electron chi connectivity index (χ2n) is 7.86. The summed E-state index contributed by atoms with van der Waals surface area (Å²) in [6.07, 6.45) is 3.91. The lowest BCUT2D eigenvalue weighted by Gasteiger charge is -2.32. The molecule has 1 aliphatic heterocycles. The van der Waals surface area contributed by atoms with Crippen LogP contribution in [-0.2, 0) is 0 Å². The van der Waals surface area contributed by atoms with Gasteiger partial charge in [0.05, 0.1) is 23.5 Å². The van der Waals surface area contributed by atoms with E-state index in [1.807, 2.05) is 18.5 Å². The van der Waals surface area contributed by atoms with Gasteiger partial charge in [0.25, 0.3) is 0 Å². The fourth-order valence-corrected chi connectivity index (χ4v) is 4.54. The minimum Gasteiger partial charge on any atom is -0.489 e. The van der Waals surface area contributed by atoms with Gasteiger partial charge < -0.3 is 9.64 Å². The summed E-state index contributed by atoms with van der Waals surface area (Å²) in [6.45, 7) is 7.92. The number of nitrogens with zero attached hydrogens (tertiary/aromatic N) is 3. The van der Waals surface area contributed by atoms with E-state index < -0.39 is 0 Å². The Hall–Kier alpha value is -3.53. The summed E-state index contributed by atoms with van der Waals surface area (Å²) in [6, 6.07) is 21.2. The molecule has 0 amide bonds. The molecule has 0 bridgehead atoms. The summed E-state index contributed by atoms with van der Waals surface area (Å²) in [5, 5.41) is 0. The van der Waals surface area contributed by atoms with Gasteiger partial charge in [-0.2, -0.15) is 0 Å². The number of ether oxygens (including phenoxy) is 1. The van der Waals surface area contributed by atoms with Gasteiger partial charge in [-0.15, -0.1) is 0 Å². The highest BCUT2D eigenvalue weighted by molar-refractivity contribution is 5.81. The van der Waals surface area contributed by atoms with E-state index in [0.29, 0.717) is 6.61 Å². The number of hydrogen-bond donors (Lipinski definition) is 0. The van der Waals surface area contributed by atoms with Crippen molar-refractivity contribution in [3.05, 3.63) is 89.7 Å². The van der Waals surface area contributed by atoms with Crippen molar-refractivity contribution in [1.29, 1.82) is 0 Å². The number of hydrogen-bond acceptors (Lipinski definition) is 3.